The molecule has 0 fully saturated rings. The van der Waals surface area contributed by atoms with E-state index in [0.717, 1.165) is 34.1 Å². The number of benzene rings is 11. The van der Waals surface area contributed by atoms with E-state index in [2.05, 4.69) is 254 Å². The Labute approximate surface area is 363 Å². The second-order valence-electron chi connectivity index (χ2n) is 16.3. The van der Waals surface area contributed by atoms with Crippen molar-refractivity contribution in [2.75, 3.05) is 9.80 Å². The molecule has 11 rings (SSSR count). The topological polar surface area (TPSA) is 6.48 Å². The van der Waals surface area contributed by atoms with Crippen LogP contribution in [-0.2, 0) is 0 Å². The molecule has 0 aromatic heterocycles. The maximum atomic E-state index is 2.42. The van der Waals surface area contributed by atoms with Crippen LogP contribution in [0.15, 0.2) is 231 Å². The quantitative estimate of drug-likeness (QED) is 0.141. The third-order valence-electron chi connectivity index (χ3n) is 12.3. The molecule has 0 saturated heterocycles. The minimum atomic E-state index is 1.10. The molecule has 0 amide bonds. The zero-order chi connectivity index (χ0) is 41.6. The first-order chi connectivity index (χ1) is 30.6. The number of para-hydroxylation sites is 2. The normalized spacial score (nSPS) is 11.4. The third kappa shape index (κ3) is 6.73. The van der Waals surface area contributed by atoms with Crippen LogP contribution in [0.1, 0.15) is 11.1 Å². The second kappa shape index (κ2) is 15.6. The molecule has 11 aromatic rings. The molecule has 0 aliphatic rings. The summed E-state index contributed by atoms with van der Waals surface area (Å²) in [6, 6.07) is 84.6. The van der Waals surface area contributed by atoms with Gasteiger partial charge >= 0.3 is 0 Å². The number of anilines is 6. The summed E-state index contributed by atoms with van der Waals surface area (Å²) in [5.41, 5.74) is 13.9. The lowest BCUT2D eigenvalue weighted by atomic mass is 9.84. The van der Waals surface area contributed by atoms with Crippen LogP contribution in [-0.4, -0.2) is 0 Å². The van der Waals surface area contributed by atoms with E-state index in [1.807, 2.05) is 0 Å². The van der Waals surface area contributed by atoms with Crippen molar-refractivity contribution in [1.29, 1.82) is 0 Å². The largest absolute Gasteiger partial charge is 0.310 e. The van der Waals surface area contributed by atoms with E-state index in [9.17, 15) is 0 Å². The fourth-order valence-corrected chi connectivity index (χ4v) is 9.23. The molecule has 0 unspecified atom stereocenters. The molecule has 0 aliphatic heterocycles. The third-order valence-corrected chi connectivity index (χ3v) is 12.3. The predicted octanol–water partition coefficient (Wildman–Crippen LogP) is 17.2. The van der Waals surface area contributed by atoms with Crippen LogP contribution in [0.4, 0.5) is 34.1 Å². The first-order valence-electron chi connectivity index (χ1n) is 21.4. The zero-order valence-electron chi connectivity index (χ0n) is 34.8. The van der Waals surface area contributed by atoms with Crippen molar-refractivity contribution < 1.29 is 0 Å². The molecule has 2 nitrogen and oxygen atoms in total. The van der Waals surface area contributed by atoms with Gasteiger partial charge in [-0.15, -0.1) is 0 Å². The minimum Gasteiger partial charge on any atom is -0.310 e. The molecule has 0 aliphatic carbocycles. The molecule has 11 aromatic carbocycles. The van der Waals surface area contributed by atoms with Crippen LogP contribution < -0.4 is 9.80 Å². The lowest BCUT2D eigenvalue weighted by Crippen LogP contribution is -2.10. The average molecular weight is 793 g/mol. The lowest BCUT2D eigenvalue weighted by Gasteiger charge is -2.28. The van der Waals surface area contributed by atoms with E-state index in [0.29, 0.717) is 0 Å². The highest BCUT2D eigenvalue weighted by Gasteiger charge is 2.22. The zero-order valence-corrected chi connectivity index (χ0v) is 34.8. The summed E-state index contributed by atoms with van der Waals surface area (Å²) in [7, 11) is 0. The van der Waals surface area contributed by atoms with E-state index >= 15 is 0 Å². The molecular weight excluding hydrogens is 749 g/mol. The fraction of sp³-hybridized carbons (Fsp3) is 0.0333. The summed E-state index contributed by atoms with van der Waals surface area (Å²) in [6.45, 7) is 4.29. The first-order valence-corrected chi connectivity index (χ1v) is 21.4. The van der Waals surface area contributed by atoms with Gasteiger partial charge in [-0.2, -0.15) is 0 Å². The van der Waals surface area contributed by atoms with Gasteiger partial charge in [0.1, 0.15) is 0 Å². The molecule has 294 valence electrons. The van der Waals surface area contributed by atoms with Crippen LogP contribution >= 0.6 is 0 Å². The van der Waals surface area contributed by atoms with Gasteiger partial charge in [0.25, 0.3) is 0 Å². The van der Waals surface area contributed by atoms with Crippen LogP contribution in [0.3, 0.4) is 0 Å². The Morgan fingerprint density at radius 1 is 0.242 bits per heavy atom. The van der Waals surface area contributed by atoms with Crippen LogP contribution in [0.5, 0.6) is 0 Å². The number of aryl methyl sites for hydroxylation is 2. The summed E-state index contributed by atoms with van der Waals surface area (Å²) >= 11 is 0. The number of rotatable bonds is 8. The van der Waals surface area contributed by atoms with E-state index in [-0.39, 0.29) is 0 Å². The highest BCUT2D eigenvalue weighted by atomic mass is 15.1. The molecular formula is C60H44N2. The fourth-order valence-electron chi connectivity index (χ4n) is 9.23. The van der Waals surface area contributed by atoms with Gasteiger partial charge in [0.15, 0.2) is 0 Å². The van der Waals surface area contributed by atoms with E-state index < -0.39 is 0 Å². The monoisotopic (exact) mass is 792 g/mol. The second-order valence-corrected chi connectivity index (χ2v) is 16.3. The Bertz CT molecular complexity index is 3180. The van der Waals surface area contributed by atoms with E-state index in [4.69, 9.17) is 0 Å². The Balaban J connectivity index is 1.26. The summed E-state index contributed by atoms with van der Waals surface area (Å²) < 4.78 is 0. The standard InChI is InChI=1S/C60H44N2/c1-41-21-29-51(30-22-41)61(49-17-5-3-6-18-49)53-33-35-55-57(39-53)59(47-27-25-43-13-9-11-15-45(43)37-47)56-36-34-54(62(50-19-7-4-8-20-50)52-31-23-42(2)24-32-52)40-58(56)60(55)48-28-26-44-14-10-12-16-46(44)38-48/h3-40H,1-2H3. The molecule has 0 heterocycles. The first kappa shape index (κ1) is 37.1. The Morgan fingerprint density at radius 2 is 0.581 bits per heavy atom. The van der Waals surface area contributed by atoms with Gasteiger partial charge < -0.3 is 9.80 Å². The van der Waals surface area contributed by atoms with Crippen molar-refractivity contribution in [1.82, 2.24) is 0 Å². The predicted molar refractivity (Wildman–Crippen MR) is 266 cm³/mol. The summed E-state index contributed by atoms with van der Waals surface area (Å²) in [5.74, 6) is 0. The Hall–Kier alpha value is -7.94. The van der Waals surface area contributed by atoms with Crippen LogP contribution in [0.25, 0.3) is 65.3 Å². The van der Waals surface area contributed by atoms with Gasteiger partial charge in [-0.25, -0.2) is 0 Å². The number of nitrogens with zero attached hydrogens (tertiary/aromatic N) is 2. The van der Waals surface area contributed by atoms with Crippen molar-refractivity contribution in [2.45, 2.75) is 13.8 Å². The van der Waals surface area contributed by atoms with Crippen molar-refractivity contribution >= 4 is 77.2 Å². The molecule has 0 atom stereocenters. The van der Waals surface area contributed by atoms with Gasteiger partial charge in [0.05, 0.1) is 0 Å². The molecule has 2 heteroatoms. The van der Waals surface area contributed by atoms with Crippen molar-refractivity contribution in [3.63, 3.8) is 0 Å². The summed E-state index contributed by atoms with van der Waals surface area (Å²) in [4.78, 5) is 4.76. The number of fused-ring (bicyclic) bond motifs is 4. The van der Waals surface area contributed by atoms with E-state index in [1.54, 1.807) is 0 Å². The summed E-state index contributed by atoms with van der Waals surface area (Å²) in [6.07, 6.45) is 0. The van der Waals surface area contributed by atoms with E-state index in [1.165, 1.54) is 76.5 Å². The van der Waals surface area contributed by atoms with Gasteiger partial charge in [-0.1, -0.05) is 157 Å². The Kier molecular flexibility index (Phi) is 9.32. The van der Waals surface area contributed by atoms with Crippen molar-refractivity contribution in [3.05, 3.63) is 242 Å². The molecule has 0 spiro atoms. The Morgan fingerprint density at radius 3 is 0.984 bits per heavy atom. The van der Waals surface area contributed by atoms with Gasteiger partial charge in [-0.3, -0.25) is 0 Å². The molecule has 0 N–H and O–H groups in total. The number of hydrogen-bond donors (Lipinski definition) is 0. The summed E-state index contributed by atoms with van der Waals surface area (Å²) in [5, 5.41) is 9.71. The van der Waals surface area contributed by atoms with Crippen molar-refractivity contribution in [2.24, 2.45) is 0 Å². The maximum Gasteiger partial charge on any atom is 0.0468 e. The average Bonchev–Trinajstić information content (AvgIpc) is 3.32. The number of hydrogen-bond acceptors (Lipinski definition) is 2. The van der Waals surface area contributed by atoms with Gasteiger partial charge in [0, 0.05) is 34.1 Å². The SMILES string of the molecule is Cc1ccc(N(c2ccccc2)c2ccc3c(-c4ccc5ccccc5c4)c4cc(N(c5ccccc5)c5ccc(C)cc5)ccc4c(-c4ccc5ccccc5c4)c3c2)cc1. The van der Waals surface area contributed by atoms with Gasteiger partial charge in [-0.05, 0) is 164 Å². The molecule has 0 bridgehead atoms. The highest BCUT2D eigenvalue weighted by molar-refractivity contribution is 6.23. The van der Waals surface area contributed by atoms with Crippen molar-refractivity contribution in [3.8, 4) is 22.3 Å². The van der Waals surface area contributed by atoms with Crippen LogP contribution in [0, 0.1) is 13.8 Å². The van der Waals surface area contributed by atoms with Crippen LogP contribution in [0.2, 0.25) is 0 Å². The molecule has 62 heavy (non-hydrogen) atoms. The molecule has 0 radical (unpaired) electrons. The molecule has 0 saturated carbocycles. The van der Waals surface area contributed by atoms with Gasteiger partial charge in [0.2, 0.25) is 0 Å². The minimum absolute atomic E-state index is 1.10. The maximum absolute atomic E-state index is 2.42. The smallest absolute Gasteiger partial charge is 0.0468 e. The highest BCUT2D eigenvalue weighted by Crippen LogP contribution is 2.49. The lowest BCUT2D eigenvalue weighted by molar-refractivity contribution is 1.28.